The van der Waals surface area contributed by atoms with Crippen molar-refractivity contribution in [2.24, 2.45) is 12.0 Å². The molecule has 1 atom stereocenters. The van der Waals surface area contributed by atoms with Crippen molar-refractivity contribution in [2.45, 2.75) is 65.3 Å². The number of aliphatic imine (C=N–C) groups is 1. The molecule has 1 aromatic heterocycles. The normalized spacial score (nSPS) is 13.2. The van der Waals surface area contributed by atoms with E-state index in [2.05, 4.69) is 47.7 Å². The van der Waals surface area contributed by atoms with E-state index in [0.717, 1.165) is 31.9 Å². The standard InChI is InChI=1S/C17H33N5/c1-5-7-8-10-15(3)21-17(18-6-2)19-12-9-11-16-13-20-22(4)14-16/h13-15H,5-12H2,1-4H3,(H2,18,19,21). The van der Waals surface area contributed by atoms with Crippen LogP contribution in [-0.2, 0) is 13.5 Å². The third-order valence-corrected chi connectivity index (χ3v) is 3.62. The van der Waals surface area contributed by atoms with Gasteiger partial charge in [0.25, 0.3) is 0 Å². The molecule has 1 aromatic rings. The maximum Gasteiger partial charge on any atom is 0.191 e. The lowest BCUT2D eigenvalue weighted by molar-refractivity contribution is 0.546. The van der Waals surface area contributed by atoms with Gasteiger partial charge in [0.2, 0.25) is 0 Å². The van der Waals surface area contributed by atoms with Gasteiger partial charge in [0.15, 0.2) is 5.96 Å². The Balaban J connectivity index is 2.31. The quantitative estimate of drug-likeness (QED) is 0.397. The molecule has 0 radical (unpaired) electrons. The number of aromatic nitrogens is 2. The molecule has 0 aromatic carbocycles. The van der Waals surface area contributed by atoms with E-state index in [1.54, 1.807) is 0 Å². The fraction of sp³-hybridized carbons (Fsp3) is 0.765. The molecule has 5 heteroatoms. The fourth-order valence-electron chi connectivity index (χ4n) is 2.40. The first-order valence-electron chi connectivity index (χ1n) is 8.68. The molecule has 22 heavy (non-hydrogen) atoms. The molecule has 0 aliphatic rings. The first kappa shape index (κ1) is 18.5. The topological polar surface area (TPSA) is 54.2 Å². The molecule has 1 unspecified atom stereocenters. The van der Waals surface area contributed by atoms with Gasteiger partial charge >= 0.3 is 0 Å². The highest BCUT2D eigenvalue weighted by Crippen LogP contribution is 2.03. The summed E-state index contributed by atoms with van der Waals surface area (Å²) >= 11 is 0. The average Bonchev–Trinajstić information content (AvgIpc) is 2.89. The Bertz CT molecular complexity index is 424. The molecule has 0 amide bonds. The second-order valence-electron chi connectivity index (χ2n) is 5.93. The van der Waals surface area contributed by atoms with Crippen LogP contribution >= 0.6 is 0 Å². The molecule has 0 spiro atoms. The molecule has 2 N–H and O–H groups in total. The van der Waals surface area contributed by atoms with E-state index in [-0.39, 0.29) is 0 Å². The molecule has 126 valence electrons. The van der Waals surface area contributed by atoms with Gasteiger partial charge in [-0.05, 0) is 38.7 Å². The zero-order chi connectivity index (χ0) is 16.2. The number of hydrogen-bond acceptors (Lipinski definition) is 2. The van der Waals surface area contributed by atoms with Gasteiger partial charge in [-0.2, -0.15) is 5.10 Å². The number of unbranched alkanes of at least 4 members (excludes halogenated alkanes) is 2. The van der Waals surface area contributed by atoms with Crippen LogP contribution in [0.3, 0.4) is 0 Å². The highest BCUT2D eigenvalue weighted by atomic mass is 15.2. The van der Waals surface area contributed by atoms with Crippen molar-refractivity contribution in [1.82, 2.24) is 20.4 Å². The summed E-state index contributed by atoms with van der Waals surface area (Å²) in [7, 11) is 1.95. The maximum absolute atomic E-state index is 4.67. The van der Waals surface area contributed by atoms with Crippen LogP contribution in [0.25, 0.3) is 0 Å². The fourth-order valence-corrected chi connectivity index (χ4v) is 2.40. The third-order valence-electron chi connectivity index (χ3n) is 3.62. The van der Waals surface area contributed by atoms with Crippen LogP contribution in [-0.4, -0.2) is 34.9 Å². The molecule has 0 bridgehead atoms. The molecule has 0 saturated heterocycles. The van der Waals surface area contributed by atoms with E-state index in [4.69, 9.17) is 0 Å². The van der Waals surface area contributed by atoms with Gasteiger partial charge in [0, 0.05) is 32.4 Å². The van der Waals surface area contributed by atoms with Crippen LogP contribution in [0.5, 0.6) is 0 Å². The van der Waals surface area contributed by atoms with Crippen molar-refractivity contribution in [3.05, 3.63) is 18.0 Å². The minimum atomic E-state index is 0.475. The lowest BCUT2D eigenvalue weighted by Gasteiger charge is -2.17. The predicted molar refractivity (Wildman–Crippen MR) is 94.2 cm³/mol. The number of nitrogens with one attached hydrogen (secondary N) is 2. The maximum atomic E-state index is 4.67. The summed E-state index contributed by atoms with van der Waals surface area (Å²) in [6.45, 7) is 8.32. The van der Waals surface area contributed by atoms with E-state index < -0.39 is 0 Å². The summed E-state index contributed by atoms with van der Waals surface area (Å²) in [5.74, 6) is 0.942. The Morgan fingerprint density at radius 3 is 2.77 bits per heavy atom. The summed E-state index contributed by atoms with van der Waals surface area (Å²) in [5, 5.41) is 11.0. The van der Waals surface area contributed by atoms with Gasteiger partial charge in [-0.1, -0.05) is 26.2 Å². The number of guanidine groups is 1. The monoisotopic (exact) mass is 307 g/mol. The Morgan fingerprint density at radius 2 is 2.14 bits per heavy atom. The molecule has 0 aliphatic heterocycles. The highest BCUT2D eigenvalue weighted by Gasteiger charge is 2.04. The summed E-state index contributed by atoms with van der Waals surface area (Å²) in [5.41, 5.74) is 1.28. The van der Waals surface area contributed by atoms with Crippen molar-refractivity contribution < 1.29 is 0 Å². The van der Waals surface area contributed by atoms with Crippen molar-refractivity contribution in [3.63, 3.8) is 0 Å². The average molecular weight is 307 g/mol. The predicted octanol–water partition coefficient (Wildman–Crippen LogP) is 2.88. The summed E-state index contributed by atoms with van der Waals surface area (Å²) in [6.07, 6.45) is 11.2. The smallest absolute Gasteiger partial charge is 0.191 e. The van der Waals surface area contributed by atoms with Crippen LogP contribution in [0.1, 0.15) is 58.4 Å². The van der Waals surface area contributed by atoms with E-state index in [1.807, 2.05) is 17.9 Å². The summed E-state index contributed by atoms with van der Waals surface area (Å²) in [4.78, 5) is 4.67. The highest BCUT2D eigenvalue weighted by molar-refractivity contribution is 5.80. The van der Waals surface area contributed by atoms with E-state index >= 15 is 0 Å². The molecule has 0 fully saturated rings. The van der Waals surface area contributed by atoms with Gasteiger partial charge < -0.3 is 10.6 Å². The number of nitrogens with zero attached hydrogens (tertiary/aromatic N) is 3. The van der Waals surface area contributed by atoms with Crippen LogP contribution in [0, 0.1) is 0 Å². The molecule has 0 aliphatic carbocycles. The van der Waals surface area contributed by atoms with Gasteiger partial charge in [0.1, 0.15) is 0 Å². The Morgan fingerprint density at radius 1 is 1.32 bits per heavy atom. The number of hydrogen-bond donors (Lipinski definition) is 2. The van der Waals surface area contributed by atoms with Gasteiger partial charge in [-0.3, -0.25) is 9.67 Å². The minimum Gasteiger partial charge on any atom is -0.357 e. The number of rotatable bonds is 10. The van der Waals surface area contributed by atoms with Crippen molar-refractivity contribution in [1.29, 1.82) is 0 Å². The van der Waals surface area contributed by atoms with E-state index in [1.165, 1.54) is 31.2 Å². The Hall–Kier alpha value is -1.52. The van der Waals surface area contributed by atoms with Gasteiger partial charge in [-0.25, -0.2) is 0 Å². The first-order valence-corrected chi connectivity index (χ1v) is 8.68. The second-order valence-corrected chi connectivity index (χ2v) is 5.93. The molecule has 0 saturated carbocycles. The second kappa shape index (κ2) is 11.1. The lowest BCUT2D eigenvalue weighted by atomic mass is 10.1. The van der Waals surface area contributed by atoms with Crippen LogP contribution in [0.2, 0.25) is 0 Å². The van der Waals surface area contributed by atoms with Crippen molar-refractivity contribution in [2.75, 3.05) is 13.1 Å². The van der Waals surface area contributed by atoms with E-state index in [0.29, 0.717) is 6.04 Å². The third kappa shape index (κ3) is 8.05. The molecule has 5 nitrogen and oxygen atoms in total. The Labute approximate surface area is 135 Å². The first-order chi connectivity index (χ1) is 10.7. The van der Waals surface area contributed by atoms with Crippen molar-refractivity contribution >= 4 is 5.96 Å². The van der Waals surface area contributed by atoms with Crippen LogP contribution in [0.15, 0.2) is 17.4 Å². The van der Waals surface area contributed by atoms with Gasteiger partial charge in [0.05, 0.1) is 6.20 Å². The zero-order valence-corrected chi connectivity index (χ0v) is 14.7. The largest absolute Gasteiger partial charge is 0.357 e. The molecule has 1 heterocycles. The molecular weight excluding hydrogens is 274 g/mol. The summed E-state index contributed by atoms with van der Waals surface area (Å²) < 4.78 is 1.85. The van der Waals surface area contributed by atoms with Crippen molar-refractivity contribution in [3.8, 4) is 0 Å². The summed E-state index contributed by atoms with van der Waals surface area (Å²) in [6, 6.07) is 0.475. The number of aryl methyl sites for hydroxylation is 2. The van der Waals surface area contributed by atoms with Crippen LogP contribution < -0.4 is 10.6 Å². The Kier molecular flexibility index (Phi) is 9.35. The minimum absolute atomic E-state index is 0.475. The zero-order valence-electron chi connectivity index (χ0n) is 14.7. The lowest BCUT2D eigenvalue weighted by Crippen LogP contribution is -2.42. The van der Waals surface area contributed by atoms with E-state index in [9.17, 15) is 0 Å². The van der Waals surface area contributed by atoms with Crippen LogP contribution in [0.4, 0.5) is 0 Å². The SMILES string of the molecule is CCCCCC(C)NC(=NCCCc1cnn(C)c1)NCC. The van der Waals surface area contributed by atoms with Gasteiger partial charge in [-0.15, -0.1) is 0 Å². The molecular formula is C17H33N5. The molecule has 1 rings (SSSR count).